The van der Waals surface area contributed by atoms with E-state index in [1.165, 1.54) is 12.3 Å². The number of aromatic nitrogens is 2. The van der Waals surface area contributed by atoms with Crippen molar-refractivity contribution in [2.45, 2.75) is 25.7 Å². The molecule has 1 aliphatic rings. The lowest BCUT2D eigenvalue weighted by molar-refractivity contribution is -0.142. The Hall–Kier alpha value is -3.23. The molecule has 0 radical (unpaired) electrons. The predicted octanol–water partition coefficient (Wildman–Crippen LogP) is 4.30. The largest absolute Gasteiger partial charge is 0.459 e. The van der Waals surface area contributed by atoms with Gasteiger partial charge in [-0.3, -0.25) is 10.00 Å². The summed E-state index contributed by atoms with van der Waals surface area (Å²) < 4.78 is 43.9. The molecule has 0 saturated carbocycles. The van der Waals surface area contributed by atoms with Crippen molar-refractivity contribution in [1.82, 2.24) is 14.7 Å². The summed E-state index contributed by atoms with van der Waals surface area (Å²) in [5.41, 5.74) is 2.01. The van der Waals surface area contributed by atoms with E-state index in [2.05, 4.69) is 10.4 Å². The maximum absolute atomic E-state index is 12.5. The van der Waals surface area contributed by atoms with Crippen molar-refractivity contribution in [3.05, 3.63) is 60.0 Å². The van der Waals surface area contributed by atoms with E-state index in [-0.39, 0.29) is 12.4 Å². The number of carbonyl (C=O) groups excluding carboxylic acids is 1. The predicted molar refractivity (Wildman–Crippen MR) is 95.6 cm³/mol. The summed E-state index contributed by atoms with van der Waals surface area (Å²) >= 11 is 0. The molecular weight excluding hydrogens is 373 g/mol. The molecule has 0 saturated heterocycles. The average molecular weight is 390 g/mol. The fourth-order valence-electron chi connectivity index (χ4n) is 3.13. The van der Waals surface area contributed by atoms with Gasteiger partial charge in [0.05, 0.1) is 6.54 Å². The number of hydrogen-bond donors (Lipinski definition) is 1. The Morgan fingerprint density at radius 1 is 1.21 bits per heavy atom. The summed E-state index contributed by atoms with van der Waals surface area (Å²) in [4.78, 5) is 14.0. The highest BCUT2D eigenvalue weighted by molar-refractivity contribution is 5.88. The van der Waals surface area contributed by atoms with Crippen LogP contribution in [0.3, 0.4) is 0 Å². The van der Waals surface area contributed by atoms with E-state index in [4.69, 9.17) is 4.42 Å². The maximum atomic E-state index is 12.5. The molecule has 2 aromatic heterocycles. The summed E-state index contributed by atoms with van der Waals surface area (Å²) in [6.45, 7) is -0.433. The molecule has 0 fully saturated rings. The number of carbonyl (C=O) groups is 1. The number of halogens is 3. The van der Waals surface area contributed by atoms with Crippen LogP contribution in [0.15, 0.2) is 53.1 Å². The second-order valence-corrected chi connectivity index (χ2v) is 6.54. The zero-order valence-corrected chi connectivity index (χ0v) is 14.7. The van der Waals surface area contributed by atoms with Gasteiger partial charge in [-0.25, -0.2) is 4.79 Å². The number of nitrogens with zero attached hydrogens (tertiary/aromatic N) is 3. The first-order valence-corrected chi connectivity index (χ1v) is 8.70. The average Bonchev–Trinajstić information content (AvgIpc) is 3.27. The van der Waals surface area contributed by atoms with E-state index in [9.17, 15) is 18.0 Å². The Balaban J connectivity index is 1.41. The third-order valence-electron chi connectivity index (χ3n) is 4.44. The Kier molecular flexibility index (Phi) is 4.58. The molecule has 28 heavy (non-hydrogen) atoms. The lowest BCUT2D eigenvalue weighted by atomic mass is 10.1. The number of furan rings is 1. The van der Waals surface area contributed by atoms with Crippen LogP contribution < -0.4 is 5.32 Å². The number of amides is 2. The summed E-state index contributed by atoms with van der Waals surface area (Å²) in [5, 5.41) is 6.27. The Morgan fingerprint density at radius 3 is 2.75 bits per heavy atom. The van der Waals surface area contributed by atoms with Crippen LogP contribution in [-0.4, -0.2) is 33.4 Å². The highest BCUT2D eigenvalue weighted by Gasteiger charge is 2.29. The number of nitrogens with one attached hydrogen (secondary N) is 1. The minimum atomic E-state index is -4.37. The van der Waals surface area contributed by atoms with Crippen molar-refractivity contribution in [2.24, 2.45) is 0 Å². The van der Waals surface area contributed by atoms with Gasteiger partial charge < -0.3 is 9.32 Å². The monoisotopic (exact) mass is 390 g/mol. The van der Waals surface area contributed by atoms with Gasteiger partial charge in [-0.15, -0.1) is 0 Å². The Labute approximate surface area is 158 Å². The third kappa shape index (κ3) is 4.03. The summed E-state index contributed by atoms with van der Waals surface area (Å²) in [5.74, 6) is 1.53. The van der Waals surface area contributed by atoms with Crippen molar-refractivity contribution < 1.29 is 22.4 Å². The second kappa shape index (κ2) is 7.06. The van der Waals surface area contributed by atoms with E-state index in [1.54, 1.807) is 4.90 Å². The summed E-state index contributed by atoms with van der Waals surface area (Å²) in [6.07, 6.45) is -2.55. The number of fused-ring (bicyclic) bond motifs is 1. The molecule has 4 rings (SSSR count). The molecule has 3 aromatic rings. The molecule has 0 spiro atoms. The molecule has 3 heterocycles. The zero-order chi connectivity index (χ0) is 19.7. The van der Waals surface area contributed by atoms with Crippen LogP contribution in [-0.2, 0) is 19.5 Å². The Bertz CT molecular complexity index is 979. The molecule has 0 unspecified atom stereocenters. The highest BCUT2D eigenvalue weighted by Crippen LogP contribution is 2.29. The van der Waals surface area contributed by atoms with E-state index >= 15 is 0 Å². The van der Waals surface area contributed by atoms with Gasteiger partial charge in [0.1, 0.15) is 18.1 Å². The topological polar surface area (TPSA) is 63.3 Å². The molecule has 0 bridgehead atoms. The zero-order valence-electron chi connectivity index (χ0n) is 14.7. The third-order valence-corrected chi connectivity index (χ3v) is 4.44. The minimum Gasteiger partial charge on any atom is -0.459 e. The first-order chi connectivity index (χ1) is 13.4. The Morgan fingerprint density at radius 2 is 2.00 bits per heavy atom. The van der Waals surface area contributed by atoms with Gasteiger partial charge >= 0.3 is 12.2 Å². The molecule has 2 amide bonds. The second-order valence-electron chi connectivity index (χ2n) is 6.54. The SMILES string of the molecule is O=C(Nc1ccn(CC(F)(F)F)n1)N1CCc2cc(-c3ccccc3)oc2C1. The van der Waals surface area contributed by atoms with Crippen LogP contribution in [0.1, 0.15) is 11.3 Å². The molecule has 146 valence electrons. The van der Waals surface area contributed by atoms with Gasteiger partial charge in [-0.2, -0.15) is 18.3 Å². The maximum Gasteiger partial charge on any atom is 0.408 e. The van der Waals surface area contributed by atoms with E-state index in [0.717, 1.165) is 21.6 Å². The molecule has 1 N–H and O–H groups in total. The number of anilines is 1. The van der Waals surface area contributed by atoms with E-state index < -0.39 is 18.8 Å². The van der Waals surface area contributed by atoms with Gasteiger partial charge in [0.25, 0.3) is 0 Å². The van der Waals surface area contributed by atoms with Gasteiger partial charge in [-0.1, -0.05) is 30.3 Å². The van der Waals surface area contributed by atoms with Crippen LogP contribution in [0.4, 0.5) is 23.8 Å². The van der Waals surface area contributed by atoms with Crippen LogP contribution >= 0.6 is 0 Å². The van der Waals surface area contributed by atoms with E-state index in [1.807, 2.05) is 36.4 Å². The quantitative estimate of drug-likeness (QED) is 0.726. The lowest BCUT2D eigenvalue weighted by Gasteiger charge is -2.25. The highest BCUT2D eigenvalue weighted by atomic mass is 19.4. The van der Waals surface area contributed by atoms with E-state index in [0.29, 0.717) is 18.7 Å². The molecule has 0 aliphatic carbocycles. The van der Waals surface area contributed by atoms with Gasteiger partial charge in [0, 0.05) is 24.4 Å². The first-order valence-electron chi connectivity index (χ1n) is 8.70. The minimum absolute atomic E-state index is 0.0736. The van der Waals surface area contributed by atoms with Gasteiger partial charge in [0.2, 0.25) is 0 Å². The van der Waals surface area contributed by atoms with Crippen molar-refractivity contribution in [2.75, 3.05) is 11.9 Å². The molecule has 1 aliphatic heterocycles. The van der Waals surface area contributed by atoms with Crippen LogP contribution in [0.5, 0.6) is 0 Å². The molecule has 0 atom stereocenters. The summed E-state index contributed by atoms with van der Waals surface area (Å²) in [7, 11) is 0. The van der Waals surface area contributed by atoms with Crippen molar-refractivity contribution in [3.8, 4) is 11.3 Å². The molecule has 1 aromatic carbocycles. The van der Waals surface area contributed by atoms with Crippen LogP contribution in [0.25, 0.3) is 11.3 Å². The van der Waals surface area contributed by atoms with Gasteiger partial charge in [-0.05, 0) is 18.1 Å². The summed E-state index contributed by atoms with van der Waals surface area (Å²) in [6, 6.07) is 12.6. The van der Waals surface area contributed by atoms with Crippen molar-refractivity contribution >= 4 is 11.8 Å². The molecule has 6 nitrogen and oxygen atoms in total. The smallest absolute Gasteiger partial charge is 0.408 e. The lowest BCUT2D eigenvalue weighted by Crippen LogP contribution is -2.38. The fourth-order valence-corrected chi connectivity index (χ4v) is 3.13. The van der Waals surface area contributed by atoms with Crippen molar-refractivity contribution in [1.29, 1.82) is 0 Å². The number of alkyl halides is 3. The van der Waals surface area contributed by atoms with Crippen molar-refractivity contribution in [3.63, 3.8) is 0 Å². The van der Waals surface area contributed by atoms with Gasteiger partial charge in [0.15, 0.2) is 5.82 Å². The standard InChI is InChI=1S/C19H17F3N4O2/c20-19(21,22)12-26-9-7-17(24-26)23-18(27)25-8-6-14-10-15(28-16(14)11-25)13-4-2-1-3-5-13/h1-5,7,9-10H,6,8,11-12H2,(H,23,24,27). The molecule has 9 heteroatoms. The number of rotatable bonds is 3. The number of hydrogen-bond acceptors (Lipinski definition) is 3. The van der Waals surface area contributed by atoms with Crippen LogP contribution in [0.2, 0.25) is 0 Å². The van der Waals surface area contributed by atoms with Crippen LogP contribution in [0, 0.1) is 0 Å². The number of urea groups is 1. The first kappa shape index (κ1) is 18.1. The number of benzene rings is 1. The fraction of sp³-hybridized carbons (Fsp3) is 0.263. The molecular formula is C19H17F3N4O2. The normalized spacial score (nSPS) is 14.0.